The molecule has 19 heteroatoms. The standard InChI is InChI=1S/C24H15Cl3N4O2.C23H13Cl3N4O3/c1-13-5-8-19-16(10-13)20(22(27)31(19)12-14-6-7-15(25)11-17(14)26)21(32)23-29-24(33-30-23)18-4-2-3-9-28-18;24-13-5-4-12(16(25)9-13)11-30-18-7-6-14(31)10-15(18)19(21(30)26)20(32)22-28-23(33-29-22)17-3-1-2-8-27-17/h2-11H,12H2,1H3;1-10,31H,11H2. The number of ketones is 2. The van der Waals surface area contributed by atoms with Crippen molar-refractivity contribution in [3.05, 3.63) is 191 Å². The zero-order valence-electron chi connectivity index (χ0n) is 33.9. The molecule has 1 N–H and O–H groups in total. The van der Waals surface area contributed by atoms with Crippen molar-refractivity contribution in [2.24, 2.45) is 0 Å². The van der Waals surface area contributed by atoms with E-state index in [4.69, 9.17) is 78.7 Å². The Balaban J connectivity index is 0.000000166. The lowest BCUT2D eigenvalue weighted by atomic mass is 10.1. The van der Waals surface area contributed by atoms with E-state index < -0.39 is 11.6 Å². The summed E-state index contributed by atoms with van der Waals surface area (Å²) in [5.41, 5.74) is 5.32. The van der Waals surface area contributed by atoms with E-state index in [0.717, 1.165) is 22.2 Å². The van der Waals surface area contributed by atoms with Gasteiger partial charge in [0.05, 0.1) is 35.2 Å². The molecule has 0 fully saturated rings. The van der Waals surface area contributed by atoms with Gasteiger partial charge in [-0.05, 0) is 96.9 Å². The second-order valence-electron chi connectivity index (χ2n) is 14.6. The van der Waals surface area contributed by atoms with Gasteiger partial charge in [-0.1, -0.05) is 116 Å². The number of halogens is 6. The van der Waals surface area contributed by atoms with Gasteiger partial charge in [0.1, 0.15) is 27.4 Å². The van der Waals surface area contributed by atoms with Crippen molar-refractivity contribution < 1.29 is 23.7 Å². The quantitative estimate of drug-likeness (QED) is 0.129. The van der Waals surface area contributed by atoms with E-state index in [0.29, 0.717) is 59.9 Å². The molecule has 4 aromatic carbocycles. The van der Waals surface area contributed by atoms with Crippen LogP contribution in [0.1, 0.15) is 49.1 Å². The molecule has 0 atom stereocenters. The molecule has 6 heterocycles. The highest BCUT2D eigenvalue weighted by molar-refractivity contribution is 6.38. The molecule has 0 aliphatic heterocycles. The van der Waals surface area contributed by atoms with Crippen LogP contribution >= 0.6 is 69.6 Å². The van der Waals surface area contributed by atoms with E-state index in [1.807, 2.05) is 35.8 Å². The van der Waals surface area contributed by atoms with Gasteiger partial charge < -0.3 is 23.3 Å². The Labute approximate surface area is 404 Å². The number of rotatable bonds is 10. The first-order chi connectivity index (χ1) is 31.8. The fourth-order valence-electron chi connectivity index (χ4n) is 7.17. The lowest BCUT2D eigenvalue weighted by molar-refractivity contribution is 0.102. The zero-order chi connectivity index (χ0) is 46.2. The Morgan fingerprint density at radius 1 is 0.576 bits per heavy atom. The number of phenolic OH excluding ortho intramolecular Hbond substituents is 1. The van der Waals surface area contributed by atoms with Gasteiger partial charge in [0.25, 0.3) is 11.8 Å². The van der Waals surface area contributed by atoms with Gasteiger partial charge in [-0.3, -0.25) is 19.6 Å². The summed E-state index contributed by atoms with van der Waals surface area (Å²) < 4.78 is 14.1. The number of fused-ring (bicyclic) bond motifs is 2. The van der Waals surface area contributed by atoms with Gasteiger partial charge >= 0.3 is 0 Å². The van der Waals surface area contributed by atoms with E-state index in [9.17, 15) is 14.7 Å². The molecule has 0 saturated carbocycles. The minimum atomic E-state index is -0.553. The third-order valence-corrected chi connectivity index (χ3v) is 12.3. The smallest absolute Gasteiger partial charge is 0.276 e. The Morgan fingerprint density at radius 3 is 1.50 bits per heavy atom. The van der Waals surface area contributed by atoms with E-state index >= 15 is 0 Å². The monoisotopic (exact) mass is 994 g/mol. The number of aromatic hydroxyl groups is 1. The molecule has 6 aromatic heterocycles. The number of carbonyl (C=O) groups is 2. The van der Waals surface area contributed by atoms with Crippen LogP contribution in [0.25, 0.3) is 45.0 Å². The lowest BCUT2D eigenvalue weighted by Gasteiger charge is -2.10. The summed E-state index contributed by atoms with van der Waals surface area (Å²) in [5, 5.41) is 21.3. The van der Waals surface area contributed by atoms with Gasteiger partial charge in [0.2, 0.25) is 23.2 Å². The SMILES string of the molecule is Cc1ccc2c(c1)c(C(=O)c1noc(-c3ccccn3)n1)c(Cl)n2Cc1ccc(Cl)cc1Cl.O=C(c1noc(-c2ccccn2)n1)c1c(Cl)n(Cc2ccc(Cl)cc2Cl)c2ccc(O)cc12. The predicted molar refractivity (Wildman–Crippen MR) is 253 cm³/mol. The third-order valence-electron chi connectivity index (χ3n) is 10.3. The number of aromatic nitrogens is 8. The number of phenols is 1. The molecular weight excluding hydrogens is 969 g/mol. The van der Waals surface area contributed by atoms with Crippen molar-refractivity contribution in [2.45, 2.75) is 20.0 Å². The summed E-state index contributed by atoms with van der Waals surface area (Å²) in [6, 6.07) is 31.4. The van der Waals surface area contributed by atoms with E-state index in [2.05, 4.69) is 30.2 Å². The number of hydrogen-bond donors (Lipinski definition) is 1. The molecule has 10 aromatic rings. The molecule has 0 aliphatic carbocycles. The van der Waals surface area contributed by atoms with Crippen LogP contribution in [0.2, 0.25) is 30.4 Å². The highest BCUT2D eigenvalue weighted by Crippen LogP contribution is 2.37. The van der Waals surface area contributed by atoms with Crippen LogP contribution in [-0.4, -0.2) is 56.1 Å². The van der Waals surface area contributed by atoms with Crippen LogP contribution in [0.4, 0.5) is 0 Å². The predicted octanol–water partition coefficient (Wildman–Crippen LogP) is 12.7. The second kappa shape index (κ2) is 18.7. The number of pyridine rings is 2. The number of benzene rings is 4. The summed E-state index contributed by atoms with van der Waals surface area (Å²) in [6.07, 6.45) is 3.19. The highest BCUT2D eigenvalue weighted by atomic mass is 35.5. The molecule has 328 valence electrons. The molecule has 0 saturated heterocycles. The van der Waals surface area contributed by atoms with Gasteiger partial charge in [-0.25, -0.2) is 0 Å². The van der Waals surface area contributed by atoms with Crippen molar-refractivity contribution in [1.29, 1.82) is 0 Å². The van der Waals surface area contributed by atoms with Crippen molar-refractivity contribution in [1.82, 2.24) is 39.4 Å². The molecule has 0 amide bonds. The van der Waals surface area contributed by atoms with Crippen LogP contribution in [0, 0.1) is 6.92 Å². The number of aryl methyl sites for hydroxylation is 1. The van der Waals surface area contributed by atoms with Crippen LogP contribution < -0.4 is 0 Å². The third kappa shape index (κ3) is 8.89. The van der Waals surface area contributed by atoms with E-state index in [1.165, 1.54) is 12.1 Å². The number of nitrogens with zero attached hydrogens (tertiary/aromatic N) is 8. The maximum atomic E-state index is 13.5. The molecule has 0 radical (unpaired) electrons. The van der Waals surface area contributed by atoms with E-state index in [-0.39, 0.29) is 51.6 Å². The average molecular weight is 998 g/mol. The summed E-state index contributed by atoms with van der Waals surface area (Å²) >= 11 is 38.3. The summed E-state index contributed by atoms with van der Waals surface area (Å²) in [6.45, 7) is 2.57. The number of hydrogen-bond acceptors (Lipinski definition) is 11. The maximum absolute atomic E-state index is 13.5. The molecule has 13 nitrogen and oxygen atoms in total. The van der Waals surface area contributed by atoms with Crippen LogP contribution in [0.3, 0.4) is 0 Å². The first-order valence-electron chi connectivity index (χ1n) is 19.6. The second-order valence-corrected chi connectivity index (χ2v) is 17.0. The van der Waals surface area contributed by atoms with Crippen molar-refractivity contribution in [3.8, 4) is 28.9 Å². The van der Waals surface area contributed by atoms with Gasteiger partial charge in [-0.15, -0.1) is 0 Å². The first-order valence-corrected chi connectivity index (χ1v) is 21.9. The maximum Gasteiger partial charge on any atom is 0.276 e. The molecule has 66 heavy (non-hydrogen) atoms. The Kier molecular flexibility index (Phi) is 12.7. The Bertz CT molecular complexity index is 3250. The van der Waals surface area contributed by atoms with Crippen LogP contribution in [0.15, 0.2) is 131 Å². The highest BCUT2D eigenvalue weighted by Gasteiger charge is 2.29. The van der Waals surface area contributed by atoms with Gasteiger partial charge in [0.15, 0.2) is 0 Å². The van der Waals surface area contributed by atoms with Gasteiger partial charge in [-0.2, -0.15) is 9.97 Å². The Hall–Kier alpha value is -6.58. The zero-order valence-corrected chi connectivity index (χ0v) is 38.4. The minimum absolute atomic E-state index is 0.0165. The van der Waals surface area contributed by atoms with Crippen LogP contribution in [-0.2, 0) is 13.1 Å². The van der Waals surface area contributed by atoms with Crippen molar-refractivity contribution in [2.75, 3.05) is 0 Å². The summed E-state index contributed by atoms with van der Waals surface area (Å²) in [4.78, 5) is 43.6. The first kappa shape index (κ1) is 44.6. The topological polar surface area (TPSA) is 168 Å². The van der Waals surface area contributed by atoms with Gasteiger partial charge in [0, 0.05) is 43.3 Å². The van der Waals surface area contributed by atoms with E-state index in [1.54, 1.807) is 89.8 Å². The lowest BCUT2D eigenvalue weighted by Crippen LogP contribution is -2.06. The molecule has 0 bridgehead atoms. The minimum Gasteiger partial charge on any atom is -0.508 e. The summed E-state index contributed by atoms with van der Waals surface area (Å²) in [7, 11) is 0. The fraction of sp³-hybridized carbons (Fsp3) is 0.0638. The van der Waals surface area contributed by atoms with Crippen molar-refractivity contribution >= 4 is 103 Å². The molecule has 0 spiro atoms. The van der Waals surface area contributed by atoms with Crippen molar-refractivity contribution in [3.63, 3.8) is 0 Å². The summed E-state index contributed by atoms with van der Waals surface area (Å²) in [5.74, 6) is -1.02. The molecule has 10 rings (SSSR count). The normalized spacial score (nSPS) is 11.3. The Morgan fingerprint density at radius 2 is 1.05 bits per heavy atom. The fourth-order valence-corrected chi connectivity index (χ4v) is 8.79. The number of carbonyl (C=O) groups excluding carboxylic acids is 2. The molecular formula is C47H28Cl6N8O5. The van der Waals surface area contributed by atoms with Crippen LogP contribution in [0.5, 0.6) is 5.75 Å². The molecule has 0 aliphatic rings. The molecule has 0 unspecified atom stereocenters. The largest absolute Gasteiger partial charge is 0.508 e. The average Bonchev–Trinajstić information content (AvgIpc) is 4.11.